The maximum Gasteiger partial charge on any atom is 0.287 e. The van der Waals surface area contributed by atoms with Gasteiger partial charge in [-0.2, -0.15) is 0 Å². The Morgan fingerprint density at radius 2 is 1.62 bits per heavy atom. The Balaban J connectivity index is 1.24. The molecular formula is C27H27N5O2. The fourth-order valence-corrected chi connectivity index (χ4v) is 4.62. The number of fused-ring (bicyclic) bond motifs is 1. The molecule has 0 bridgehead atoms. The summed E-state index contributed by atoms with van der Waals surface area (Å²) in [4.78, 5) is 36.4. The van der Waals surface area contributed by atoms with Crippen molar-refractivity contribution in [2.45, 2.75) is 25.3 Å². The molecule has 1 aliphatic heterocycles. The number of carbonyl (C=O) groups excluding carboxylic acids is 2. The van der Waals surface area contributed by atoms with Gasteiger partial charge in [0.05, 0.1) is 17.6 Å². The lowest BCUT2D eigenvalue weighted by atomic mass is 9.90. The predicted molar refractivity (Wildman–Crippen MR) is 130 cm³/mol. The molecule has 3 heterocycles. The van der Waals surface area contributed by atoms with E-state index in [1.54, 1.807) is 0 Å². The summed E-state index contributed by atoms with van der Waals surface area (Å²) in [7, 11) is 0. The highest BCUT2D eigenvalue weighted by molar-refractivity contribution is 5.96. The van der Waals surface area contributed by atoms with E-state index in [1.807, 2.05) is 88.6 Å². The predicted octanol–water partition coefficient (Wildman–Crippen LogP) is 3.62. The normalized spacial score (nSPS) is 14.3. The molecule has 1 N–H and O–H groups in total. The minimum absolute atomic E-state index is 0.0344. The highest BCUT2D eigenvalue weighted by Gasteiger charge is 2.25. The van der Waals surface area contributed by atoms with E-state index >= 15 is 0 Å². The first-order valence-electron chi connectivity index (χ1n) is 11.6. The molecule has 1 fully saturated rings. The van der Waals surface area contributed by atoms with Crippen LogP contribution < -0.4 is 5.32 Å². The molecule has 0 saturated carbocycles. The van der Waals surface area contributed by atoms with Gasteiger partial charge >= 0.3 is 0 Å². The van der Waals surface area contributed by atoms with Crippen molar-refractivity contribution < 1.29 is 9.59 Å². The zero-order valence-electron chi connectivity index (χ0n) is 18.9. The third-order valence-corrected chi connectivity index (χ3v) is 6.47. The molecule has 34 heavy (non-hydrogen) atoms. The Bertz CT molecular complexity index is 1280. The molecule has 1 aliphatic rings. The highest BCUT2D eigenvalue weighted by atomic mass is 16.2. The van der Waals surface area contributed by atoms with Crippen LogP contribution >= 0.6 is 0 Å². The lowest BCUT2D eigenvalue weighted by Crippen LogP contribution is -2.44. The number of rotatable bonds is 6. The zero-order chi connectivity index (χ0) is 23.3. The molecule has 4 aromatic rings. The summed E-state index contributed by atoms with van der Waals surface area (Å²) < 4.78 is 1.91. The minimum atomic E-state index is -0.341. The summed E-state index contributed by atoms with van der Waals surface area (Å²) in [5.41, 5.74) is 4.00. The van der Waals surface area contributed by atoms with Gasteiger partial charge in [-0.15, -0.1) is 0 Å². The fraction of sp³-hybridized carbons (Fsp3) is 0.259. The van der Waals surface area contributed by atoms with Gasteiger partial charge in [-0.3, -0.25) is 14.6 Å². The van der Waals surface area contributed by atoms with Gasteiger partial charge in [0.15, 0.2) is 5.82 Å². The van der Waals surface area contributed by atoms with Crippen molar-refractivity contribution in [3.8, 4) is 0 Å². The number of amides is 2. The largest absolute Gasteiger partial charge is 0.341 e. The molecule has 1 saturated heterocycles. The van der Waals surface area contributed by atoms with Crippen molar-refractivity contribution in [2.75, 3.05) is 19.6 Å². The number of likely N-dealkylation sites (tertiary alicyclic amines) is 1. The topological polar surface area (TPSA) is 80.1 Å². The van der Waals surface area contributed by atoms with Gasteiger partial charge in [-0.05, 0) is 54.2 Å². The quantitative estimate of drug-likeness (QED) is 0.484. The number of carbonyl (C=O) groups is 2. The fourth-order valence-electron chi connectivity index (χ4n) is 4.62. The molecule has 0 radical (unpaired) electrons. The minimum Gasteiger partial charge on any atom is -0.341 e. The van der Waals surface area contributed by atoms with Crippen molar-refractivity contribution in [1.29, 1.82) is 0 Å². The van der Waals surface area contributed by atoms with Gasteiger partial charge in [0, 0.05) is 32.0 Å². The van der Waals surface area contributed by atoms with Crippen LogP contribution in [0.4, 0.5) is 0 Å². The summed E-state index contributed by atoms with van der Waals surface area (Å²) in [6.07, 6.45) is 5.45. The van der Waals surface area contributed by atoms with Gasteiger partial charge in [0.1, 0.15) is 0 Å². The van der Waals surface area contributed by atoms with Crippen molar-refractivity contribution in [2.24, 2.45) is 0 Å². The monoisotopic (exact) mass is 453 g/mol. The third kappa shape index (κ3) is 4.69. The third-order valence-electron chi connectivity index (χ3n) is 6.47. The molecule has 0 spiro atoms. The molecule has 2 amide bonds. The van der Waals surface area contributed by atoms with E-state index in [2.05, 4.69) is 15.3 Å². The van der Waals surface area contributed by atoms with Crippen LogP contribution in [0.2, 0.25) is 0 Å². The SMILES string of the molecule is O=C(NCC(=O)N1CCC(c2ccncc2)CC1)c1nc2ccccc2n1Cc1ccccc1. The number of hydrogen-bond acceptors (Lipinski definition) is 4. The van der Waals surface area contributed by atoms with Crippen LogP contribution in [0.1, 0.15) is 40.5 Å². The number of nitrogens with zero attached hydrogens (tertiary/aromatic N) is 4. The lowest BCUT2D eigenvalue weighted by molar-refractivity contribution is -0.131. The molecule has 0 atom stereocenters. The number of imidazole rings is 1. The number of hydrogen-bond donors (Lipinski definition) is 1. The molecular weight excluding hydrogens is 426 g/mol. The van der Waals surface area contributed by atoms with Gasteiger partial charge in [0.2, 0.25) is 5.91 Å². The maximum atomic E-state index is 13.1. The van der Waals surface area contributed by atoms with Gasteiger partial charge in [-0.25, -0.2) is 4.98 Å². The van der Waals surface area contributed by atoms with E-state index in [4.69, 9.17) is 0 Å². The molecule has 2 aromatic carbocycles. The number of piperidine rings is 1. The molecule has 7 nitrogen and oxygen atoms in total. The van der Waals surface area contributed by atoms with Gasteiger partial charge in [-0.1, -0.05) is 42.5 Å². The summed E-state index contributed by atoms with van der Waals surface area (Å²) in [6.45, 7) is 1.87. The first kappa shape index (κ1) is 21.8. The van der Waals surface area contributed by atoms with Crippen LogP contribution in [0, 0.1) is 0 Å². The smallest absolute Gasteiger partial charge is 0.287 e. The van der Waals surface area contributed by atoms with Crippen LogP contribution in [0.5, 0.6) is 0 Å². The molecule has 7 heteroatoms. The van der Waals surface area contributed by atoms with E-state index in [0.717, 1.165) is 29.4 Å². The Hall–Kier alpha value is -4.00. The average Bonchev–Trinajstić information content (AvgIpc) is 3.26. The van der Waals surface area contributed by atoms with Crippen molar-refractivity contribution >= 4 is 22.8 Å². The van der Waals surface area contributed by atoms with Crippen LogP contribution in [-0.2, 0) is 11.3 Å². The Kier molecular flexibility index (Phi) is 6.33. The standard InChI is InChI=1S/C27H27N5O2/c33-25(31-16-12-22(13-17-31)21-10-14-28-15-11-21)18-29-27(34)26-30-23-8-4-5-9-24(23)32(26)19-20-6-2-1-3-7-20/h1-11,14-15,22H,12-13,16-19H2,(H,29,34). The van der Waals surface area contributed by atoms with Crippen LogP contribution in [0.15, 0.2) is 79.1 Å². The molecule has 2 aromatic heterocycles. The summed E-state index contributed by atoms with van der Waals surface area (Å²) >= 11 is 0. The summed E-state index contributed by atoms with van der Waals surface area (Å²) in [6, 6.07) is 21.8. The first-order chi connectivity index (χ1) is 16.7. The molecule has 5 rings (SSSR count). The number of nitrogens with one attached hydrogen (secondary N) is 1. The van der Waals surface area contributed by atoms with E-state index in [0.29, 0.717) is 31.4 Å². The van der Waals surface area contributed by atoms with Crippen molar-refractivity contribution in [3.63, 3.8) is 0 Å². The molecule has 0 unspecified atom stereocenters. The Labute approximate surface area is 198 Å². The maximum absolute atomic E-state index is 13.1. The van der Waals surface area contributed by atoms with Gasteiger partial charge < -0.3 is 14.8 Å². The molecule has 172 valence electrons. The van der Waals surface area contributed by atoms with Crippen molar-refractivity contribution in [1.82, 2.24) is 24.8 Å². The van der Waals surface area contributed by atoms with E-state index in [9.17, 15) is 9.59 Å². The Morgan fingerprint density at radius 1 is 0.912 bits per heavy atom. The van der Waals surface area contributed by atoms with Gasteiger partial charge in [0.25, 0.3) is 5.91 Å². The van der Waals surface area contributed by atoms with E-state index < -0.39 is 0 Å². The van der Waals surface area contributed by atoms with Crippen LogP contribution in [0.3, 0.4) is 0 Å². The number of aromatic nitrogens is 3. The second-order valence-corrected chi connectivity index (χ2v) is 8.61. The van der Waals surface area contributed by atoms with Crippen LogP contribution in [-0.4, -0.2) is 50.9 Å². The number of pyridine rings is 1. The lowest BCUT2D eigenvalue weighted by Gasteiger charge is -2.32. The second kappa shape index (κ2) is 9.87. The molecule has 0 aliphatic carbocycles. The summed E-state index contributed by atoms with van der Waals surface area (Å²) in [5, 5.41) is 2.80. The Morgan fingerprint density at radius 3 is 2.38 bits per heavy atom. The van der Waals surface area contributed by atoms with E-state index in [1.165, 1.54) is 5.56 Å². The van der Waals surface area contributed by atoms with Crippen LogP contribution in [0.25, 0.3) is 11.0 Å². The highest BCUT2D eigenvalue weighted by Crippen LogP contribution is 2.27. The number of benzene rings is 2. The first-order valence-corrected chi connectivity index (χ1v) is 11.6. The second-order valence-electron chi connectivity index (χ2n) is 8.61. The average molecular weight is 454 g/mol. The summed E-state index contributed by atoms with van der Waals surface area (Å²) in [5.74, 6) is 0.355. The van der Waals surface area contributed by atoms with Crippen molar-refractivity contribution in [3.05, 3.63) is 96.1 Å². The number of para-hydroxylation sites is 2. The zero-order valence-corrected chi connectivity index (χ0v) is 18.9. The van der Waals surface area contributed by atoms with E-state index in [-0.39, 0.29) is 18.4 Å².